The SMILES string of the molecule is COCCN(Cc1ccc(OC)cc1)c1c(C)nc2ccc(C(=O)NCCCN(C)C)cn12. The van der Waals surface area contributed by atoms with E-state index in [1.807, 2.05) is 55.9 Å². The second-order valence-corrected chi connectivity index (χ2v) is 8.34. The first-order valence-corrected chi connectivity index (χ1v) is 11.2. The number of methoxy groups -OCH3 is 2. The maximum Gasteiger partial charge on any atom is 0.252 e. The summed E-state index contributed by atoms with van der Waals surface area (Å²) in [5.41, 5.74) is 3.48. The molecule has 0 atom stereocenters. The number of hydrogen-bond donors (Lipinski definition) is 1. The zero-order valence-corrected chi connectivity index (χ0v) is 20.3. The fourth-order valence-corrected chi connectivity index (χ4v) is 3.78. The first-order valence-electron chi connectivity index (χ1n) is 11.2. The number of carbonyl (C=O) groups is 1. The zero-order valence-electron chi connectivity index (χ0n) is 20.3. The van der Waals surface area contributed by atoms with Crippen LogP contribution in [0.1, 0.15) is 28.0 Å². The first kappa shape index (κ1) is 24.5. The molecule has 33 heavy (non-hydrogen) atoms. The highest BCUT2D eigenvalue weighted by Gasteiger charge is 2.18. The maximum atomic E-state index is 12.7. The van der Waals surface area contributed by atoms with Gasteiger partial charge in [-0.15, -0.1) is 0 Å². The van der Waals surface area contributed by atoms with Crippen molar-refractivity contribution in [3.05, 3.63) is 59.4 Å². The number of benzene rings is 1. The van der Waals surface area contributed by atoms with Gasteiger partial charge in [0.25, 0.3) is 5.91 Å². The Hall–Kier alpha value is -3.10. The van der Waals surface area contributed by atoms with Crippen LogP contribution in [0, 0.1) is 6.92 Å². The quantitative estimate of drug-likeness (QED) is 0.425. The molecule has 0 aliphatic rings. The largest absolute Gasteiger partial charge is 0.497 e. The summed E-state index contributed by atoms with van der Waals surface area (Å²) in [6.07, 6.45) is 2.78. The Morgan fingerprint density at radius 2 is 1.85 bits per heavy atom. The van der Waals surface area contributed by atoms with Gasteiger partial charge in [0, 0.05) is 32.9 Å². The van der Waals surface area contributed by atoms with Crippen LogP contribution in [0.5, 0.6) is 5.75 Å². The molecule has 0 saturated heterocycles. The highest BCUT2D eigenvalue weighted by molar-refractivity contribution is 5.94. The number of aryl methyl sites for hydroxylation is 1. The van der Waals surface area contributed by atoms with Crippen LogP contribution in [0.25, 0.3) is 5.65 Å². The minimum atomic E-state index is -0.0773. The lowest BCUT2D eigenvalue weighted by Crippen LogP contribution is -2.29. The van der Waals surface area contributed by atoms with Crippen LogP contribution in [0.4, 0.5) is 5.82 Å². The molecular weight excluding hydrogens is 418 g/mol. The molecule has 0 unspecified atom stereocenters. The lowest BCUT2D eigenvalue weighted by atomic mass is 10.2. The summed E-state index contributed by atoms with van der Waals surface area (Å²) in [6.45, 7) is 5.53. The van der Waals surface area contributed by atoms with Gasteiger partial charge in [-0.3, -0.25) is 9.20 Å². The number of carbonyl (C=O) groups excluding carboxylic acids is 1. The number of hydrogen-bond acceptors (Lipinski definition) is 6. The van der Waals surface area contributed by atoms with E-state index in [0.717, 1.165) is 41.4 Å². The van der Waals surface area contributed by atoms with Crippen LogP contribution in [-0.4, -0.2) is 74.7 Å². The van der Waals surface area contributed by atoms with Crippen molar-refractivity contribution in [2.75, 3.05) is 59.5 Å². The van der Waals surface area contributed by atoms with Crippen LogP contribution in [-0.2, 0) is 11.3 Å². The van der Waals surface area contributed by atoms with E-state index in [4.69, 9.17) is 14.5 Å². The van der Waals surface area contributed by atoms with Gasteiger partial charge in [-0.25, -0.2) is 4.98 Å². The van der Waals surface area contributed by atoms with Crippen LogP contribution < -0.4 is 15.0 Å². The molecule has 2 aromatic heterocycles. The molecule has 8 heteroatoms. The average Bonchev–Trinajstić information content (AvgIpc) is 3.14. The fraction of sp³-hybridized carbons (Fsp3) is 0.440. The predicted molar refractivity (Wildman–Crippen MR) is 131 cm³/mol. The molecule has 0 spiro atoms. The van der Waals surface area contributed by atoms with Gasteiger partial charge in [0.2, 0.25) is 0 Å². The third kappa shape index (κ3) is 6.46. The average molecular weight is 454 g/mol. The molecule has 0 aliphatic heterocycles. The Balaban J connectivity index is 1.86. The molecular formula is C25H35N5O3. The lowest BCUT2D eigenvalue weighted by Gasteiger charge is -2.25. The van der Waals surface area contributed by atoms with Crippen molar-refractivity contribution in [1.29, 1.82) is 0 Å². The number of rotatable bonds is 12. The second-order valence-electron chi connectivity index (χ2n) is 8.34. The van der Waals surface area contributed by atoms with Gasteiger partial charge in [0.1, 0.15) is 17.2 Å². The van der Waals surface area contributed by atoms with Crippen molar-refractivity contribution >= 4 is 17.4 Å². The van der Waals surface area contributed by atoms with Gasteiger partial charge < -0.3 is 24.6 Å². The van der Waals surface area contributed by atoms with Crippen LogP contribution >= 0.6 is 0 Å². The van der Waals surface area contributed by atoms with Crippen LogP contribution in [0.3, 0.4) is 0 Å². The van der Waals surface area contributed by atoms with Crippen LogP contribution in [0.15, 0.2) is 42.6 Å². The van der Waals surface area contributed by atoms with E-state index >= 15 is 0 Å². The molecule has 0 saturated carbocycles. The first-order chi connectivity index (χ1) is 15.9. The Kier molecular flexibility index (Phi) is 8.68. The van der Waals surface area contributed by atoms with E-state index in [-0.39, 0.29) is 5.91 Å². The summed E-state index contributed by atoms with van der Waals surface area (Å²) in [6, 6.07) is 11.8. The number of amides is 1. The Morgan fingerprint density at radius 3 is 2.52 bits per heavy atom. The second kappa shape index (κ2) is 11.7. The number of pyridine rings is 1. The van der Waals surface area contributed by atoms with Crippen molar-refractivity contribution in [3.8, 4) is 5.75 Å². The summed E-state index contributed by atoms with van der Waals surface area (Å²) < 4.78 is 12.7. The zero-order chi connectivity index (χ0) is 23.8. The number of nitrogens with zero attached hydrogens (tertiary/aromatic N) is 4. The fourth-order valence-electron chi connectivity index (χ4n) is 3.78. The Morgan fingerprint density at radius 1 is 1.09 bits per heavy atom. The highest BCUT2D eigenvalue weighted by Crippen LogP contribution is 2.25. The number of anilines is 1. The molecule has 3 rings (SSSR count). The lowest BCUT2D eigenvalue weighted by molar-refractivity contribution is 0.0952. The van der Waals surface area contributed by atoms with Crippen molar-refractivity contribution in [2.45, 2.75) is 19.9 Å². The van der Waals surface area contributed by atoms with E-state index < -0.39 is 0 Å². The van der Waals surface area contributed by atoms with Gasteiger partial charge in [0.15, 0.2) is 0 Å². The van der Waals surface area contributed by atoms with Gasteiger partial charge in [0.05, 0.1) is 25.0 Å². The Bertz CT molecular complexity index is 1050. The highest BCUT2D eigenvalue weighted by atomic mass is 16.5. The molecule has 2 heterocycles. The van der Waals surface area contributed by atoms with Crippen LogP contribution in [0.2, 0.25) is 0 Å². The molecule has 1 aromatic carbocycles. The summed E-state index contributed by atoms with van der Waals surface area (Å²) >= 11 is 0. The third-order valence-corrected chi connectivity index (χ3v) is 5.49. The molecule has 0 radical (unpaired) electrons. The molecule has 1 amide bonds. The van der Waals surface area contributed by atoms with Gasteiger partial charge in [-0.2, -0.15) is 0 Å². The minimum Gasteiger partial charge on any atom is -0.497 e. The van der Waals surface area contributed by atoms with Crippen molar-refractivity contribution < 1.29 is 14.3 Å². The predicted octanol–water partition coefficient (Wildman–Crippen LogP) is 2.99. The molecule has 0 fully saturated rings. The van der Waals surface area contributed by atoms with E-state index in [0.29, 0.717) is 31.8 Å². The topological polar surface area (TPSA) is 71.3 Å². The minimum absolute atomic E-state index is 0.0773. The number of imidazole rings is 1. The monoisotopic (exact) mass is 453 g/mol. The van der Waals surface area contributed by atoms with Gasteiger partial charge in [-0.05, 0) is 63.8 Å². The molecule has 8 nitrogen and oxygen atoms in total. The molecule has 0 aliphatic carbocycles. The summed E-state index contributed by atoms with van der Waals surface area (Å²) in [5, 5.41) is 3.01. The molecule has 1 N–H and O–H groups in total. The van der Waals surface area contributed by atoms with Gasteiger partial charge >= 0.3 is 0 Å². The van der Waals surface area contributed by atoms with Crippen molar-refractivity contribution in [2.24, 2.45) is 0 Å². The van der Waals surface area contributed by atoms with E-state index in [2.05, 4.69) is 27.2 Å². The number of ether oxygens (including phenoxy) is 2. The number of aromatic nitrogens is 2. The molecule has 0 bridgehead atoms. The number of fused-ring (bicyclic) bond motifs is 1. The summed E-state index contributed by atoms with van der Waals surface area (Å²) in [7, 11) is 7.42. The van der Waals surface area contributed by atoms with Gasteiger partial charge in [-0.1, -0.05) is 12.1 Å². The third-order valence-electron chi connectivity index (χ3n) is 5.49. The molecule has 3 aromatic rings. The number of nitrogens with one attached hydrogen (secondary N) is 1. The summed E-state index contributed by atoms with van der Waals surface area (Å²) in [5.74, 6) is 1.71. The van der Waals surface area contributed by atoms with E-state index in [9.17, 15) is 4.79 Å². The van der Waals surface area contributed by atoms with E-state index in [1.54, 1.807) is 14.2 Å². The van der Waals surface area contributed by atoms with Crippen molar-refractivity contribution in [3.63, 3.8) is 0 Å². The molecule has 178 valence electrons. The summed E-state index contributed by atoms with van der Waals surface area (Å²) in [4.78, 5) is 21.8. The maximum absolute atomic E-state index is 12.7. The van der Waals surface area contributed by atoms with E-state index in [1.165, 1.54) is 0 Å². The normalized spacial score (nSPS) is 11.2. The Labute approximate surface area is 196 Å². The smallest absolute Gasteiger partial charge is 0.252 e. The van der Waals surface area contributed by atoms with Crippen molar-refractivity contribution in [1.82, 2.24) is 19.6 Å². The standard InChI is InChI=1S/C25H35N5O3/c1-19-25(29(15-16-32-4)17-20-7-10-22(33-5)11-8-20)30-18-21(9-12-23(30)27-19)24(31)26-13-6-14-28(2)3/h7-12,18H,6,13-17H2,1-5H3,(H,26,31).